The fourth-order valence-corrected chi connectivity index (χ4v) is 1.32. The van der Waals surface area contributed by atoms with Gasteiger partial charge in [-0.15, -0.1) is 5.10 Å². The zero-order valence-electron chi connectivity index (χ0n) is 10.9. The fourth-order valence-electron chi connectivity index (χ4n) is 1.32. The average Bonchev–Trinajstić information content (AvgIpc) is 2.76. The summed E-state index contributed by atoms with van der Waals surface area (Å²) in [6, 6.07) is 0.105. The van der Waals surface area contributed by atoms with E-state index in [1.54, 1.807) is 0 Å². The molecule has 0 saturated carbocycles. The minimum Gasteiger partial charge on any atom is -0.354 e. The van der Waals surface area contributed by atoms with Crippen LogP contribution in [0.1, 0.15) is 43.6 Å². The lowest BCUT2D eigenvalue weighted by Crippen LogP contribution is -2.34. The molecule has 3 N–H and O–H groups in total. The van der Waals surface area contributed by atoms with Crippen molar-refractivity contribution in [3.05, 3.63) is 11.6 Å². The molecule has 0 fully saturated rings. The van der Waals surface area contributed by atoms with Crippen LogP contribution < -0.4 is 10.6 Å². The highest BCUT2D eigenvalue weighted by atomic mass is 16.2. The third kappa shape index (κ3) is 4.52. The number of aromatic amines is 1. The summed E-state index contributed by atoms with van der Waals surface area (Å²) >= 11 is 0. The topological polar surface area (TPSA) is 99.8 Å². The summed E-state index contributed by atoms with van der Waals surface area (Å²) in [6.45, 7) is 5.96. The first-order valence-corrected chi connectivity index (χ1v) is 6.01. The predicted octanol–water partition coefficient (Wildman–Crippen LogP) is 0.0116. The van der Waals surface area contributed by atoms with Crippen molar-refractivity contribution in [2.24, 2.45) is 0 Å². The summed E-state index contributed by atoms with van der Waals surface area (Å²) in [6.07, 6.45) is 0.937. The first kappa shape index (κ1) is 14.1. The molecule has 0 unspecified atom stereocenters. The van der Waals surface area contributed by atoms with Gasteiger partial charge in [-0.3, -0.25) is 14.7 Å². The number of aryl methyl sites for hydroxylation is 1. The smallest absolute Gasteiger partial charge is 0.290 e. The number of nitrogens with one attached hydrogen (secondary N) is 3. The molecule has 1 heterocycles. The molecule has 0 aliphatic carbocycles. The molecule has 0 aliphatic heterocycles. The Hall–Kier alpha value is -1.92. The second-order valence-corrected chi connectivity index (χ2v) is 4.19. The maximum Gasteiger partial charge on any atom is 0.290 e. The molecule has 0 aromatic carbocycles. The first-order valence-electron chi connectivity index (χ1n) is 6.01. The summed E-state index contributed by atoms with van der Waals surface area (Å²) in [4.78, 5) is 26.9. The Morgan fingerprint density at radius 3 is 2.67 bits per heavy atom. The lowest BCUT2D eigenvalue weighted by atomic mass is 10.3. The van der Waals surface area contributed by atoms with Crippen molar-refractivity contribution >= 4 is 11.8 Å². The van der Waals surface area contributed by atoms with Gasteiger partial charge in [0.25, 0.3) is 5.91 Å². The van der Waals surface area contributed by atoms with Crippen LogP contribution in [0.4, 0.5) is 0 Å². The van der Waals surface area contributed by atoms with Gasteiger partial charge in [0, 0.05) is 25.4 Å². The van der Waals surface area contributed by atoms with Gasteiger partial charge in [0.1, 0.15) is 5.82 Å². The third-order valence-corrected chi connectivity index (χ3v) is 2.16. The van der Waals surface area contributed by atoms with Crippen LogP contribution in [-0.4, -0.2) is 39.6 Å². The van der Waals surface area contributed by atoms with Gasteiger partial charge in [-0.1, -0.05) is 6.92 Å². The number of nitrogens with zero attached hydrogens (tertiary/aromatic N) is 2. The number of hydrogen-bond acceptors (Lipinski definition) is 4. The number of hydrogen-bond donors (Lipinski definition) is 3. The van der Waals surface area contributed by atoms with Crippen molar-refractivity contribution < 1.29 is 9.59 Å². The van der Waals surface area contributed by atoms with E-state index in [0.717, 1.165) is 0 Å². The molecule has 1 aromatic heterocycles. The van der Waals surface area contributed by atoms with Crippen LogP contribution in [0.25, 0.3) is 0 Å². The van der Waals surface area contributed by atoms with Crippen molar-refractivity contribution in [1.82, 2.24) is 25.8 Å². The van der Waals surface area contributed by atoms with Crippen LogP contribution in [0.3, 0.4) is 0 Å². The van der Waals surface area contributed by atoms with Crippen molar-refractivity contribution in [2.75, 3.05) is 6.54 Å². The van der Waals surface area contributed by atoms with Crippen LogP contribution in [0.5, 0.6) is 0 Å². The zero-order valence-corrected chi connectivity index (χ0v) is 10.9. The van der Waals surface area contributed by atoms with Crippen LogP contribution in [0.2, 0.25) is 0 Å². The lowest BCUT2D eigenvalue weighted by molar-refractivity contribution is -0.121. The maximum atomic E-state index is 11.6. The highest BCUT2D eigenvalue weighted by Crippen LogP contribution is 1.93. The molecular weight excluding hydrogens is 234 g/mol. The molecule has 18 heavy (non-hydrogen) atoms. The summed E-state index contributed by atoms with van der Waals surface area (Å²) in [5.74, 6) is 0.312. The summed E-state index contributed by atoms with van der Waals surface area (Å²) in [7, 11) is 0. The number of carbonyl (C=O) groups is 2. The van der Waals surface area contributed by atoms with Crippen LogP contribution in [0.15, 0.2) is 0 Å². The van der Waals surface area contributed by atoms with Gasteiger partial charge >= 0.3 is 0 Å². The minimum absolute atomic E-state index is 0.0884. The molecule has 0 spiro atoms. The van der Waals surface area contributed by atoms with E-state index in [0.29, 0.717) is 12.2 Å². The zero-order chi connectivity index (χ0) is 13.5. The van der Waals surface area contributed by atoms with Gasteiger partial charge < -0.3 is 10.6 Å². The monoisotopic (exact) mass is 253 g/mol. The number of carbonyl (C=O) groups excluding carboxylic acids is 2. The van der Waals surface area contributed by atoms with E-state index in [2.05, 4.69) is 25.8 Å². The number of amides is 2. The van der Waals surface area contributed by atoms with E-state index >= 15 is 0 Å². The van der Waals surface area contributed by atoms with Crippen LogP contribution in [0, 0.1) is 0 Å². The SMILES string of the molecule is CCc1nc(C(=O)NCCC(=O)NC(C)C)n[nH]1. The van der Waals surface area contributed by atoms with Gasteiger partial charge in [-0.2, -0.15) is 0 Å². The maximum absolute atomic E-state index is 11.6. The number of rotatable bonds is 6. The molecule has 7 nitrogen and oxygen atoms in total. The van der Waals surface area contributed by atoms with E-state index in [1.807, 2.05) is 20.8 Å². The highest BCUT2D eigenvalue weighted by molar-refractivity contribution is 5.90. The van der Waals surface area contributed by atoms with Gasteiger partial charge in [0.15, 0.2) is 0 Å². The van der Waals surface area contributed by atoms with Gasteiger partial charge in [-0.05, 0) is 13.8 Å². The fraction of sp³-hybridized carbons (Fsp3) is 0.636. The van der Waals surface area contributed by atoms with Crippen LogP contribution in [-0.2, 0) is 11.2 Å². The van der Waals surface area contributed by atoms with Crippen molar-refractivity contribution in [3.63, 3.8) is 0 Å². The van der Waals surface area contributed by atoms with Crippen molar-refractivity contribution in [2.45, 2.75) is 39.7 Å². The molecule has 0 aliphatic rings. The van der Waals surface area contributed by atoms with Gasteiger partial charge in [-0.25, -0.2) is 4.98 Å². The van der Waals surface area contributed by atoms with E-state index < -0.39 is 0 Å². The first-order chi connectivity index (χ1) is 8.52. The molecule has 7 heteroatoms. The van der Waals surface area contributed by atoms with Gasteiger partial charge in [0.05, 0.1) is 0 Å². The Morgan fingerprint density at radius 1 is 1.39 bits per heavy atom. The largest absolute Gasteiger partial charge is 0.354 e. The molecule has 1 rings (SSSR count). The molecule has 0 atom stereocenters. The van der Waals surface area contributed by atoms with Crippen molar-refractivity contribution in [3.8, 4) is 0 Å². The second kappa shape index (κ2) is 6.73. The van der Waals surface area contributed by atoms with E-state index in [-0.39, 0.29) is 36.6 Å². The van der Waals surface area contributed by atoms with E-state index in [9.17, 15) is 9.59 Å². The predicted molar refractivity (Wildman–Crippen MR) is 66.0 cm³/mol. The summed E-state index contributed by atoms with van der Waals surface area (Å²) in [5, 5.41) is 11.8. The molecule has 100 valence electrons. The van der Waals surface area contributed by atoms with E-state index in [1.165, 1.54) is 0 Å². The lowest BCUT2D eigenvalue weighted by Gasteiger charge is -2.08. The third-order valence-electron chi connectivity index (χ3n) is 2.16. The normalized spacial score (nSPS) is 10.4. The van der Waals surface area contributed by atoms with Gasteiger partial charge in [0.2, 0.25) is 11.7 Å². The van der Waals surface area contributed by atoms with Crippen LogP contribution >= 0.6 is 0 Å². The standard InChI is InChI=1S/C11H19N5O2/c1-4-8-14-10(16-15-8)11(18)12-6-5-9(17)13-7(2)3/h7H,4-6H2,1-3H3,(H,12,18)(H,13,17)(H,14,15,16). The molecule has 0 radical (unpaired) electrons. The molecule has 2 amide bonds. The minimum atomic E-state index is -0.372. The second-order valence-electron chi connectivity index (χ2n) is 4.19. The molecule has 0 saturated heterocycles. The van der Waals surface area contributed by atoms with Crippen molar-refractivity contribution in [1.29, 1.82) is 0 Å². The Balaban J connectivity index is 2.31. The Morgan fingerprint density at radius 2 is 2.11 bits per heavy atom. The average molecular weight is 253 g/mol. The highest BCUT2D eigenvalue weighted by Gasteiger charge is 2.11. The Labute approximate surface area is 106 Å². The van der Waals surface area contributed by atoms with E-state index in [4.69, 9.17) is 0 Å². The number of aromatic nitrogens is 3. The Kier molecular flexibility index (Phi) is 5.29. The number of H-pyrrole nitrogens is 1. The molecule has 0 bridgehead atoms. The summed E-state index contributed by atoms with van der Waals surface area (Å²) < 4.78 is 0. The summed E-state index contributed by atoms with van der Waals surface area (Å²) in [5.41, 5.74) is 0. The molecule has 1 aromatic rings. The Bertz CT molecular complexity index is 413. The quantitative estimate of drug-likeness (QED) is 0.665. The molecular formula is C11H19N5O2.